The smallest absolute Gasteiger partial charge is 0.222 e. The number of aliphatic imine (C=N–C) groups is 1. The highest BCUT2D eigenvalue weighted by molar-refractivity contribution is 15.0. The number of amides is 1. The number of ether oxygens (including phenoxy) is 1. The molecule has 0 radical (unpaired) electrons. The Kier molecular flexibility index (Phi) is 25.3. The van der Waals surface area contributed by atoms with Crippen LogP contribution in [0.5, 0.6) is 0 Å². The Bertz CT molecular complexity index is 239. The third-order valence-corrected chi connectivity index (χ3v) is 2.24. The second-order valence-corrected chi connectivity index (χ2v) is 3.65. The zero-order valence-electron chi connectivity index (χ0n) is 12.1. The molecule has 0 N–H and O–H groups in total. The highest BCUT2D eigenvalue weighted by Gasteiger charge is 2.02. The van der Waals surface area contributed by atoms with E-state index in [1.807, 2.05) is 20.9 Å². The van der Waals surface area contributed by atoms with Gasteiger partial charge in [0.05, 0.1) is 6.54 Å². The molecule has 1 aliphatic rings. The number of halogens is 3. The highest BCUT2D eigenvalue weighted by Crippen LogP contribution is 1.95. The molecule has 19 heavy (non-hydrogen) atoms. The van der Waals surface area contributed by atoms with Crippen LogP contribution in [0.3, 0.4) is 0 Å². The van der Waals surface area contributed by atoms with E-state index in [0.29, 0.717) is 6.42 Å². The monoisotopic (exact) mass is 610 g/mol. The Labute approximate surface area is 157 Å². The van der Waals surface area contributed by atoms with Gasteiger partial charge in [-0.05, 0) is 6.42 Å². The second-order valence-electron chi connectivity index (χ2n) is 3.65. The second kappa shape index (κ2) is 19.1. The van der Waals surface area contributed by atoms with Crippen LogP contribution in [-0.4, -0.2) is 43.4 Å². The van der Waals surface area contributed by atoms with Gasteiger partial charge in [-0.15, -0.1) is 24.0 Å². The molecule has 116 valence electrons. The number of carbonyl (C=O) groups excluding carboxylic acids is 1. The lowest BCUT2D eigenvalue weighted by molar-refractivity contribution is -0.129. The lowest BCUT2D eigenvalue weighted by atomic mass is 10.4. The summed E-state index contributed by atoms with van der Waals surface area (Å²) in [4.78, 5) is 16.6. The van der Waals surface area contributed by atoms with E-state index in [1.165, 1.54) is 0 Å². The fourth-order valence-corrected chi connectivity index (χ4v) is 1.32. The van der Waals surface area contributed by atoms with Crippen LogP contribution < -0.4 is 0 Å². The lowest BCUT2D eigenvalue weighted by Gasteiger charge is -2.13. The summed E-state index contributed by atoms with van der Waals surface area (Å²) >= 11 is 4.24. The average Bonchev–Trinajstić information content (AvgIpc) is 2.94. The first-order valence-electron chi connectivity index (χ1n) is 6.20. The van der Waals surface area contributed by atoms with Crippen LogP contribution in [0, 0.1) is 0 Å². The normalized spacial score (nSPS) is 11.6. The molecule has 0 aromatic carbocycles. The zero-order valence-corrected chi connectivity index (χ0v) is 18.8. The van der Waals surface area contributed by atoms with Crippen molar-refractivity contribution in [3.8, 4) is 0 Å². The maximum absolute atomic E-state index is 10.8. The van der Waals surface area contributed by atoms with E-state index in [9.17, 15) is 4.79 Å². The van der Waals surface area contributed by atoms with Crippen LogP contribution in [-0.2, 0) is 9.53 Å². The summed E-state index contributed by atoms with van der Waals surface area (Å²) in [7, 11) is 1.84. The van der Waals surface area contributed by atoms with E-state index in [-0.39, 0.29) is 29.9 Å². The molecule has 0 saturated carbocycles. The van der Waals surface area contributed by atoms with E-state index in [1.54, 1.807) is 4.90 Å². The van der Waals surface area contributed by atoms with Crippen molar-refractivity contribution in [2.75, 3.05) is 26.7 Å². The summed E-state index contributed by atoms with van der Waals surface area (Å²) in [6.07, 6.45) is 2.61. The molecule has 0 atom stereocenters. The van der Waals surface area contributed by atoms with E-state index < -0.39 is 0 Å². The molecule has 7 heteroatoms. The summed E-state index contributed by atoms with van der Waals surface area (Å²) in [6, 6.07) is 0. The lowest BCUT2D eigenvalue weighted by Crippen LogP contribution is -2.26. The summed E-state index contributed by atoms with van der Waals surface area (Å²) in [6.45, 7) is 8.54. The fourth-order valence-electron chi connectivity index (χ4n) is 1.32. The van der Waals surface area contributed by atoms with E-state index in [4.69, 9.17) is 4.74 Å². The van der Waals surface area contributed by atoms with Crippen LogP contribution in [0.25, 0.3) is 0 Å². The first kappa shape index (κ1) is 25.1. The minimum absolute atomic E-state index is 0. The third-order valence-electron chi connectivity index (χ3n) is 2.24. The first-order valence-corrected chi connectivity index (χ1v) is 12.5. The van der Waals surface area contributed by atoms with Gasteiger partial charge in [0.1, 0.15) is 6.61 Å². The van der Waals surface area contributed by atoms with Gasteiger partial charge >= 0.3 is 0 Å². The Morgan fingerprint density at radius 2 is 1.95 bits per heavy atom. The molecule has 0 aromatic rings. The van der Waals surface area contributed by atoms with Crippen LogP contribution in [0.4, 0.5) is 0 Å². The first-order chi connectivity index (χ1) is 8.65. The topological polar surface area (TPSA) is 41.9 Å². The number of rotatable bonds is 4. The number of nitrogens with zero attached hydrogens (tertiary/aromatic N) is 2. The van der Waals surface area contributed by atoms with Gasteiger partial charge in [0.2, 0.25) is 5.91 Å². The summed E-state index contributed by atoms with van der Waals surface area (Å²) in [5.41, 5.74) is 0. The zero-order chi connectivity index (χ0) is 14.4. The molecule has 0 aliphatic carbocycles. The average molecular weight is 610 g/mol. The molecule has 0 aromatic heterocycles. The molecule has 0 fully saturated rings. The molecule has 0 unspecified atom stereocenters. The predicted molar refractivity (Wildman–Crippen MR) is 110 cm³/mol. The molecule has 1 heterocycles. The van der Waals surface area contributed by atoms with Gasteiger partial charge in [-0.1, -0.05) is 20.8 Å². The maximum Gasteiger partial charge on any atom is 0.222 e. The SMILES string of the molecule is CCC1=NCCO1.CCCN(C)C(=O)CC.I.II. The number of hydrogen-bond donors (Lipinski definition) is 0. The van der Waals surface area contributed by atoms with Crippen molar-refractivity contribution in [2.45, 2.75) is 40.0 Å². The van der Waals surface area contributed by atoms with Crippen molar-refractivity contribution in [3.63, 3.8) is 0 Å². The molecule has 1 amide bonds. The Morgan fingerprint density at radius 3 is 2.21 bits per heavy atom. The predicted octanol–water partition coefficient (Wildman–Crippen LogP) is 4.48. The van der Waals surface area contributed by atoms with Gasteiger partial charge in [0, 0.05) is 63.7 Å². The van der Waals surface area contributed by atoms with Crippen molar-refractivity contribution in [2.24, 2.45) is 4.99 Å². The molecule has 0 spiro atoms. The summed E-state index contributed by atoms with van der Waals surface area (Å²) in [5.74, 6) is 1.15. The van der Waals surface area contributed by atoms with Gasteiger partial charge in [0.15, 0.2) is 5.90 Å². The number of hydrogen-bond acceptors (Lipinski definition) is 3. The minimum Gasteiger partial charge on any atom is -0.479 e. The summed E-state index contributed by atoms with van der Waals surface area (Å²) < 4.78 is 5.05. The van der Waals surface area contributed by atoms with Gasteiger partial charge in [-0.25, -0.2) is 0 Å². The Balaban J connectivity index is -0.000000231. The quantitative estimate of drug-likeness (QED) is 0.441. The Morgan fingerprint density at radius 1 is 1.37 bits per heavy atom. The standard InChI is InChI=1S/C7H15NO.C5H9NO.I2.HI/c1-4-6-8(3)7(9)5-2;1-2-5-6-3-4-7-5;1-2;/h4-6H2,1-3H3;2-4H2,1H3;;1H. The maximum atomic E-state index is 10.8. The molecule has 1 aliphatic heterocycles. The van der Waals surface area contributed by atoms with E-state index in [0.717, 1.165) is 38.4 Å². The third kappa shape index (κ3) is 15.3. The van der Waals surface area contributed by atoms with Crippen LogP contribution >= 0.6 is 61.2 Å². The van der Waals surface area contributed by atoms with Crippen molar-refractivity contribution in [1.82, 2.24) is 4.90 Å². The molecule has 0 saturated heterocycles. The van der Waals surface area contributed by atoms with Crippen LogP contribution in [0.1, 0.15) is 40.0 Å². The van der Waals surface area contributed by atoms with E-state index in [2.05, 4.69) is 49.1 Å². The summed E-state index contributed by atoms with van der Waals surface area (Å²) in [5, 5.41) is 0. The van der Waals surface area contributed by atoms with Crippen molar-refractivity contribution in [3.05, 3.63) is 0 Å². The molecular weight excluding hydrogens is 585 g/mol. The van der Waals surface area contributed by atoms with Gasteiger partial charge in [-0.2, -0.15) is 0 Å². The largest absolute Gasteiger partial charge is 0.479 e. The molecular formula is C12H25I3N2O2. The highest BCUT2D eigenvalue weighted by atomic mass is 128. The number of carbonyl (C=O) groups is 1. The van der Waals surface area contributed by atoms with Gasteiger partial charge in [0.25, 0.3) is 0 Å². The van der Waals surface area contributed by atoms with Crippen LogP contribution in [0.2, 0.25) is 0 Å². The van der Waals surface area contributed by atoms with Crippen molar-refractivity contribution in [1.29, 1.82) is 0 Å². The van der Waals surface area contributed by atoms with Gasteiger partial charge in [-0.3, -0.25) is 9.79 Å². The fraction of sp³-hybridized carbons (Fsp3) is 0.833. The van der Waals surface area contributed by atoms with E-state index >= 15 is 0 Å². The minimum atomic E-state index is 0. The van der Waals surface area contributed by atoms with Crippen LogP contribution in [0.15, 0.2) is 4.99 Å². The molecule has 4 nitrogen and oxygen atoms in total. The van der Waals surface area contributed by atoms with Crippen molar-refractivity contribution >= 4 is 73.0 Å². The van der Waals surface area contributed by atoms with Gasteiger partial charge < -0.3 is 9.64 Å². The Hall–Kier alpha value is 1.13. The molecule has 0 bridgehead atoms. The molecule has 1 rings (SSSR count). The van der Waals surface area contributed by atoms with Crippen molar-refractivity contribution < 1.29 is 9.53 Å².